The van der Waals surface area contributed by atoms with Crippen LogP contribution in [-0.4, -0.2) is 21.2 Å². The summed E-state index contributed by atoms with van der Waals surface area (Å²) in [6, 6.07) is 4.34. The van der Waals surface area contributed by atoms with Gasteiger partial charge in [-0.05, 0) is 24.6 Å². The maximum atomic E-state index is 10.7. The van der Waals surface area contributed by atoms with Gasteiger partial charge in [0.2, 0.25) is 0 Å². The minimum atomic E-state index is -1.19. The van der Waals surface area contributed by atoms with Gasteiger partial charge in [0.15, 0.2) is 5.69 Å². The molecule has 0 radical (unpaired) electrons. The van der Waals surface area contributed by atoms with Crippen LogP contribution in [0.5, 0.6) is 5.75 Å². The SMILES string of the molecule is Cc1cc2c(O)cc(C(=O)O)nc2cc1Cl. The highest BCUT2D eigenvalue weighted by molar-refractivity contribution is 6.32. The van der Waals surface area contributed by atoms with Gasteiger partial charge in [-0.1, -0.05) is 11.6 Å². The number of aryl methyl sites for hydroxylation is 1. The highest BCUT2D eigenvalue weighted by atomic mass is 35.5. The Bertz CT molecular complexity index is 595. The van der Waals surface area contributed by atoms with Crippen LogP contribution >= 0.6 is 11.6 Å². The number of aromatic nitrogens is 1. The molecule has 2 aromatic rings. The number of benzene rings is 1. The van der Waals surface area contributed by atoms with Gasteiger partial charge >= 0.3 is 5.97 Å². The van der Waals surface area contributed by atoms with Gasteiger partial charge in [0.05, 0.1) is 5.52 Å². The third-order valence-corrected chi connectivity index (χ3v) is 2.69. The Morgan fingerprint density at radius 1 is 1.38 bits per heavy atom. The summed E-state index contributed by atoms with van der Waals surface area (Å²) in [7, 11) is 0. The van der Waals surface area contributed by atoms with Crippen LogP contribution in [0.15, 0.2) is 18.2 Å². The molecule has 2 N–H and O–H groups in total. The molecule has 0 fully saturated rings. The van der Waals surface area contributed by atoms with Gasteiger partial charge < -0.3 is 10.2 Å². The molecule has 0 bridgehead atoms. The lowest BCUT2D eigenvalue weighted by Crippen LogP contribution is -2.00. The molecule has 82 valence electrons. The molecule has 0 aliphatic rings. The standard InChI is InChI=1S/C11H8ClNO3/c1-5-2-6-8(3-7(5)12)13-9(11(15)16)4-10(6)14/h2-4H,1H3,(H,13,14)(H,15,16). The first kappa shape index (κ1) is 10.7. The van der Waals surface area contributed by atoms with Crippen LogP contribution in [0.3, 0.4) is 0 Å². The molecule has 4 nitrogen and oxygen atoms in total. The summed E-state index contributed by atoms with van der Waals surface area (Å²) in [5, 5.41) is 19.4. The van der Waals surface area contributed by atoms with E-state index in [-0.39, 0.29) is 11.4 Å². The van der Waals surface area contributed by atoms with E-state index in [4.69, 9.17) is 16.7 Å². The number of nitrogens with zero attached hydrogens (tertiary/aromatic N) is 1. The first-order valence-corrected chi connectivity index (χ1v) is 4.90. The van der Waals surface area contributed by atoms with Crippen molar-refractivity contribution in [2.75, 3.05) is 0 Å². The second-order valence-corrected chi connectivity index (χ2v) is 3.86. The third-order valence-electron chi connectivity index (χ3n) is 2.29. The van der Waals surface area contributed by atoms with E-state index in [1.165, 1.54) is 0 Å². The fourth-order valence-corrected chi connectivity index (χ4v) is 1.61. The molecule has 0 amide bonds. The van der Waals surface area contributed by atoms with E-state index in [9.17, 15) is 9.90 Å². The number of carboxylic acids is 1. The van der Waals surface area contributed by atoms with Gasteiger partial charge in [-0.3, -0.25) is 0 Å². The molecule has 0 aliphatic carbocycles. The molecule has 0 aliphatic heterocycles. The van der Waals surface area contributed by atoms with Gasteiger partial charge in [0.25, 0.3) is 0 Å². The molecule has 1 aromatic carbocycles. The van der Waals surface area contributed by atoms with Crippen molar-refractivity contribution in [3.8, 4) is 5.75 Å². The minimum Gasteiger partial charge on any atom is -0.507 e. The summed E-state index contributed by atoms with van der Waals surface area (Å²) in [5.41, 5.74) is 0.965. The fourth-order valence-electron chi connectivity index (χ4n) is 1.45. The number of carboxylic acid groups (broad SMARTS) is 1. The molecule has 1 aromatic heterocycles. The van der Waals surface area contributed by atoms with Gasteiger partial charge in [-0.2, -0.15) is 0 Å². The topological polar surface area (TPSA) is 70.4 Å². The van der Waals surface area contributed by atoms with E-state index in [1.54, 1.807) is 19.1 Å². The van der Waals surface area contributed by atoms with E-state index >= 15 is 0 Å². The molecule has 0 unspecified atom stereocenters. The van der Waals surface area contributed by atoms with Crippen molar-refractivity contribution in [3.05, 3.63) is 34.5 Å². The lowest BCUT2D eigenvalue weighted by atomic mass is 10.1. The normalized spacial score (nSPS) is 10.6. The Labute approximate surface area is 96.1 Å². The zero-order valence-electron chi connectivity index (χ0n) is 8.36. The van der Waals surface area contributed by atoms with Crippen molar-refractivity contribution in [1.82, 2.24) is 4.98 Å². The molecule has 1 heterocycles. The van der Waals surface area contributed by atoms with E-state index in [1.807, 2.05) is 0 Å². The number of hydrogen-bond donors (Lipinski definition) is 2. The van der Waals surface area contributed by atoms with E-state index < -0.39 is 5.97 Å². The van der Waals surface area contributed by atoms with Gasteiger partial charge in [-0.25, -0.2) is 9.78 Å². The first-order valence-electron chi connectivity index (χ1n) is 4.52. The molecule has 0 saturated heterocycles. The molecule has 0 atom stereocenters. The third kappa shape index (κ3) is 1.67. The van der Waals surface area contributed by atoms with E-state index in [0.29, 0.717) is 15.9 Å². The summed E-state index contributed by atoms with van der Waals surface area (Å²) in [5.74, 6) is -1.30. The molecule has 16 heavy (non-hydrogen) atoms. The number of aromatic hydroxyl groups is 1. The predicted octanol–water partition coefficient (Wildman–Crippen LogP) is 2.60. The number of fused-ring (bicyclic) bond motifs is 1. The summed E-state index contributed by atoms with van der Waals surface area (Å²) < 4.78 is 0. The van der Waals surface area contributed by atoms with Crippen molar-refractivity contribution >= 4 is 28.5 Å². The highest BCUT2D eigenvalue weighted by Gasteiger charge is 2.11. The Balaban J connectivity index is 2.82. The average molecular weight is 238 g/mol. The molecule has 2 rings (SSSR count). The van der Waals surface area contributed by atoms with Crippen molar-refractivity contribution in [2.24, 2.45) is 0 Å². The largest absolute Gasteiger partial charge is 0.507 e. The van der Waals surface area contributed by atoms with Gasteiger partial charge in [0.1, 0.15) is 5.75 Å². The van der Waals surface area contributed by atoms with E-state index in [2.05, 4.69) is 4.98 Å². The predicted molar refractivity (Wildman–Crippen MR) is 60.1 cm³/mol. The van der Waals surface area contributed by atoms with Crippen molar-refractivity contribution in [1.29, 1.82) is 0 Å². The maximum absolute atomic E-state index is 10.7. The van der Waals surface area contributed by atoms with Crippen LogP contribution in [0.2, 0.25) is 5.02 Å². The smallest absolute Gasteiger partial charge is 0.354 e. The lowest BCUT2D eigenvalue weighted by molar-refractivity contribution is 0.0690. The number of aromatic carboxylic acids is 1. The van der Waals surface area contributed by atoms with Crippen LogP contribution < -0.4 is 0 Å². The Morgan fingerprint density at radius 2 is 2.06 bits per heavy atom. The fraction of sp³-hybridized carbons (Fsp3) is 0.0909. The Hall–Kier alpha value is -1.81. The molecule has 0 saturated carbocycles. The number of carbonyl (C=O) groups is 1. The van der Waals surface area contributed by atoms with Crippen molar-refractivity contribution < 1.29 is 15.0 Å². The van der Waals surface area contributed by atoms with Gasteiger partial charge in [0, 0.05) is 16.5 Å². The Kier molecular flexibility index (Phi) is 2.44. The van der Waals surface area contributed by atoms with Crippen LogP contribution in [0.4, 0.5) is 0 Å². The molecule has 5 heteroatoms. The average Bonchev–Trinajstić information content (AvgIpc) is 2.20. The van der Waals surface area contributed by atoms with Crippen LogP contribution in [0.25, 0.3) is 10.9 Å². The number of halogens is 1. The van der Waals surface area contributed by atoms with E-state index in [0.717, 1.165) is 11.6 Å². The zero-order valence-corrected chi connectivity index (χ0v) is 9.12. The summed E-state index contributed by atoms with van der Waals surface area (Å²) in [6.07, 6.45) is 0. The quantitative estimate of drug-likeness (QED) is 0.800. The lowest BCUT2D eigenvalue weighted by Gasteiger charge is -2.05. The number of hydrogen-bond acceptors (Lipinski definition) is 3. The molecule has 0 spiro atoms. The van der Waals surface area contributed by atoms with Crippen molar-refractivity contribution in [3.63, 3.8) is 0 Å². The summed E-state index contributed by atoms with van der Waals surface area (Å²) in [6.45, 7) is 1.80. The maximum Gasteiger partial charge on any atom is 0.354 e. The first-order chi connectivity index (χ1) is 7.49. The summed E-state index contributed by atoms with van der Waals surface area (Å²) in [4.78, 5) is 14.6. The van der Waals surface area contributed by atoms with Crippen molar-refractivity contribution in [2.45, 2.75) is 6.92 Å². The Morgan fingerprint density at radius 3 is 2.69 bits per heavy atom. The molecular formula is C11H8ClNO3. The number of pyridine rings is 1. The van der Waals surface area contributed by atoms with Crippen LogP contribution in [-0.2, 0) is 0 Å². The zero-order chi connectivity index (χ0) is 11.9. The number of rotatable bonds is 1. The van der Waals surface area contributed by atoms with Crippen LogP contribution in [0, 0.1) is 6.92 Å². The second-order valence-electron chi connectivity index (χ2n) is 3.45. The van der Waals surface area contributed by atoms with Crippen LogP contribution in [0.1, 0.15) is 16.1 Å². The second kappa shape index (κ2) is 3.64. The highest BCUT2D eigenvalue weighted by Crippen LogP contribution is 2.29. The molecular weight excluding hydrogens is 230 g/mol. The van der Waals surface area contributed by atoms with Gasteiger partial charge in [-0.15, -0.1) is 0 Å². The monoisotopic (exact) mass is 237 g/mol. The minimum absolute atomic E-state index is 0.109. The summed E-state index contributed by atoms with van der Waals surface area (Å²) >= 11 is 5.90.